The Hall–Kier alpha value is -3.82. The zero-order chi connectivity index (χ0) is 28.0. The van der Waals surface area contributed by atoms with Gasteiger partial charge in [0.2, 0.25) is 0 Å². The molecule has 0 atom stereocenters. The van der Waals surface area contributed by atoms with Crippen molar-refractivity contribution in [2.24, 2.45) is 5.16 Å². The molecule has 0 aliphatic rings. The molecule has 0 bridgehead atoms. The van der Waals surface area contributed by atoms with Crippen LogP contribution in [0.15, 0.2) is 76.7 Å². The molecule has 0 unspecified atom stereocenters. The first-order valence-electron chi connectivity index (χ1n) is 12.3. The number of hydrogen-bond donors (Lipinski definition) is 0. The van der Waals surface area contributed by atoms with Crippen molar-refractivity contribution in [2.75, 3.05) is 20.3 Å². The number of esters is 1. The van der Waals surface area contributed by atoms with Crippen molar-refractivity contribution in [2.45, 2.75) is 32.9 Å². The lowest BCUT2D eigenvalue weighted by Gasteiger charge is -2.24. The summed E-state index contributed by atoms with van der Waals surface area (Å²) in [6.07, 6.45) is 0. The molecule has 3 aromatic carbocycles. The minimum atomic E-state index is -1.11. The number of nitrogens with zero attached hydrogens (tertiary/aromatic N) is 2. The fourth-order valence-corrected chi connectivity index (χ4v) is 5.07. The molecule has 204 valence electrons. The Balaban J connectivity index is 1.44. The molecular weight excluding hydrogens is 540 g/mol. The minimum Gasteiger partial charge on any atom is -0.492 e. The molecule has 0 aliphatic heterocycles. The van der Waals surface area contributed by atoms with Gasteiger partial charge in [0.25, 0.3) is 0 Å². The third-order valence-electron chi connectivity index (χ3n) is 5.77. The number of thiazole rings is 1. The van der Waals surface area contributed by atoms with Gasteiger partial charge < -0.3 is 19.0 Å². The van der Waals surface area contributed by atoms with Crippen LogP contribution in [0.25, 0.3) is 10.2 Å². The number of halogens is 1. The highest BCUT2D eigenvalue weighted by atomic mass is 35.5. The van der Waals surface area contributed by atoms with Gasteiger partial charge in [-0.3, -0.25) is 9.36 Å². The van der Waals surface area contributed by atoms with E-state index in [2.05, 4.69) is 5.16 Å². The normalized spacial score (nSPS) is 11.9. The van der Waals surface area contributed by atoms with E-state index in [9.17, 15) is 9.59 Å². The van der Waals surface area contributed by atoms with Gasteiger partial charge in [-0.25, -0.2) is 4.79 Å². The number of carbonyl (C=O) groups excluding carboxylic acids is 1. The minimum absolute atomic E-state index is 0.0799. The van der Waals surface area contributed by atoms with Gasteiger partial charge in [0, 0.05) is 16.1 Å². The van der Waals surface area contributed by atoms with E-state index in [0.29, 0.717) is 35.4 Å². The van der Waals surface area contributed by atoms with Gasteiger partial charge in [0.1, 0.15) is 30.9 Å². The Bertz CT molecular complexity index is 1540. The molecule has 1 heterocycles. The monoisotopic (exact) mass is 568 g/mol. The SMILES string of the molecule is CCOC(=O)C(C)(C)Oc1ccc(OCCn2c(=O)sc3cc(/C(=N\OC)c4cccc(Cl)c4)ccc32)cc1. The van der Waals surface area contributed by atoms with E-state index in [1.54, 1.807) is 55.7 Å². The number of aromatic nitrogens is 1. The first-order chi connectivity index (χ1) is 18.7. The fourth-order valence-electron chi connectivity index (χ4n) is 3.92. The van der Waals surface area contributed by atoms with Gasteiger partial charge >= 0.3 is 10.8 Å². The van der Waals surface area contributed by atoms with Crippen molar-refractivity contribution >= 4 is 44.8 Å². The number of benzene rings is 3. The smallest absolute Gasteiger partial charge is 0.349 e. The van der Waals surface area contributed by atoms with Gasteiger partial charge in [0.15, 0.2) is 5.60 Å². The molecule has 0 saturated heterocycles. The van der Waals surface area contributed by atoms with Crippen LogP contribution in [0.2, 0.25) is 5.02 Å². The summed E-state index contributed by atoms with van der Waals surface area (Å²) in [6.45, 7) is 6.02. The molecule has 0 N–H and O–H groups in total. The maximum atomic E-state index is 12.8. The van der Waals surface area contributed by atoms with Crippen LogP contribution in [-0.4, -0.2) is 42.2 Å². The average molecular weight is 569 g/mol. The van der Waals surface area contributed by atoms with Crippen LogP contribution in [0.4, 0.5) is 0 Å². The average Bonchev–Trinajstić information content (AvgIpc) is 3.22. The molecule has 4 rings (SSSR count). The Labute approximate surface area is 235 Å². The van der Waals surface area contributed by atoms with Gasteiger partial charge in [-0.2, -0.15) is 0 Å². The molecule has 8 nitrogen and oxygen atoms in total. The van der Waals surface area contributed by atoms with Crippen LogP contribution in [-0.2, 0) is 20.9 Å². The molecule has 0 saturated carbocycles. The number of carbonyl (C=O) groups is 1. The fraction of sp³-hybridized carbons (Fsp3) is 0.276. The van der Waals surface area contributed by atoms with Gasteiger partial charge in [0.05, 0.1) is 23.4 Å². The highest BCUT2D eigenvalue weighted by Gasteiger charge is 2.31. The summed E-state index contributed by atoms with van der Waals surface area (Å²) in [6, 6.07) is 20.0. The Morgan fingerprint density at radius 3 is 2.44 bits per heavy atom. The Morgan fingerprint density at radius 2 is 1.74 bits per heavy atom. The topological polar surface area (TPSA) is 88.4 Å². The predicted octanol–water partition coefficient (Wildman–Crippen LogP) is 5.91. The maximum absolute atomic E-state index is 12.8. The molecule has 1 aromatic heterocycles. The lowest BCUT2D eigenvalue weighted by atomic mass is 10.0. The summed E-state index contributed by atoms with van der Waals surface area (Å²) in [5, 5.41) is 4.79. The van der Waals surface area contributed by atoms with Crippen molar-refractivity contribution in [1.82, 2.24) is 4.57 Å². The van der Waals surface area contributed by atoms with Crippen LogP contribution in [0.5, 0.6) is 11.5 Å². The van der Waals surface area contributed by atoms with Crippen LogP contribution >= 0.6 is 22.9 Å². The van der Waals surface area contributed by atoms with Crippen LogP contribution in [0.3, 0.4) is 0 Å². The molecular formula is C29H29ClN2O6S. The van der Waals surface area contributed by atoms with E-state index < -0.39 is 11.6 Å². The second-order valence-corrected chi connectivity index (χ2v) is 10.4. The van der Waals surface area contributed by atoms with Gasteiger partial charge in [-0.15, -0.1) is 0 Å². The number of rotatable bonds is 11. The van der Waals surface area contributed by atoms with E-state index >= 15 is 0 Å². The molecule has 0 fully saturated rings. The predicted molar refractivity (Wildman–Crippen MR) is 153 cm³/mol. The van der Waals surface area contributed by atoms with Gasteiger partial charge in [-0.1, -0.05) is 46.3 Å². The molecule has 10 heteroatoms. The molecule has 39 heavy (non-hydrogen) atoms. The summed E-state index contributed by atoms with van der Waals surface area (Å²) < 4.78 is 19.2. The van der Waals surface area contributed by atoms with Gasteiger partial charge in [-0.05, 0) is 69.3 Å². The summed E-state index contributed by atoms with van der Waals surface area (Å²) >= 11 is 7.33. The first kappa shape index (κ1) is 28.2. The number of ether oxygens (including phenoxy) is 3. The number of fused-ring (bicyclic) bond motifs is 1. The third-order valence-corrected chi connectivity index (χ3v) is 6.95. The van der Waals surface area contributed by atoms with Crippen LogP contribution < -0.4 is 14.3 Å². The quantitative estimate of drug-likeness (QED) is 0.127. The van der Waals surface area contributed by atoms with E-state index in [0.717, 1.165) is 32.7 Å². The summed E-state index contributed by atoms with van der Waals surface area (Å²) in [7, 11) is 1.49. The van der Waals surface area contributed by atoms with Crippen LogP contribution in [0.1, 0.15) is 31.9 Å². The summed E-state index contributed by atoms with van der Waals surface area (Å²) in [5.41, 5.74) is 1.94. The standard InChI is InChI=1S/C29H29ClN2O6S/c1-5-36-27(33)29(2,3)38-23-12-10-22(11-13-23)37-16-15-32-24-14-9-20(18-25(24)39-28(32)34)26(31-35-4)19-7-6-8-21(30)17-19/h6-14,17-18H,5,15-16H2,1-4H3/b31-26-. The van der Waals surface area contributed by atoms with Crippen molar-refractivity contribution in [3.05, 3.63) is 92.5 Å². The zero-order valence-corrected chi connectivity index (χ0v) is 23.7. The lowest BCUT2D eigenvalue weighted by molar-refractivity contribution is -0.158. The zero-order valence-electron chi connectivity index (χ0n) is 22.1. The van der Waals surface area contributed by atoms with E-state index in [1.807, 2.05) is 36.4 Å². The molecule has 0 spiro atoms. The molecule has 4 aromatic rings. The summed E-state index contributed by atoms with van der Waals surface area (Å²) in [5.74, 6) is 0.705. The highest BCUT2D eigenvalue weighted by molar-refractivity contribution is 7.16. The second kappa shape index (κ2) is 12.4. The number of oxime groups is 1. The van der Waals surface area contributed by atoms with E-state index in [-0.39, 0.29) is 11.5 Å². The molecule has 0 aliphatic carbocycles. The number of hydrogen-bond acceptors (Lipinski definition) is 8. The Morgan fingerprint density at radius 1 is 1.03 bits per heavy atom. The Kier molecular flexibility index (Phi) is 8.93. The molecule has 0 amide bonds. The second-order valence-electron chi connectivity index (χ2n) is 8.99. The highest BCUT2D eigenvalue weighted by Crippen LogP contribution is 2.25. The first-order valence-corrected chi connectivity index (χ1v) is 13.5. The van der Waals surface area contributed by atoms with Crippen molar-refractivity contribution in [1.29, 1.82) is 0 Å². The van der Waals surface area contributed by atoms with E-state index in [4.69, 9.17) is 30.6 Å². The summed E-state index contributed by atoms with van der Waals surface area (Å²) in [4.78, 5) is 29.8. The third kappa shape index (κ3) is 6.79. The molecule has 0 radical (unpaired) electrons. The van der Waals surface area contributed by atoms with Crippen molar-refractivity contribution < 1.29 is 23.8 Å². The van der Waals surface area contributed by atoms with Crippen molar-refractivity contribution in [3.8, 4) is 11.5 Å². The largest absolute Gasteiger partial charge is 0.492 e. The lowest BCUT2D eigenvalue weighted by Crippen LogP contribution is -2.39. The van der Waals surface area contributed by atoms with Crippen molar-refractivity contribution in [3.63, 3.8) is 0 Å². The van der Waals surface area contributed by atoms with Crippen LogP contribution in [0, 0.1) is 0 Å². The maximum Gasteiger partial charge on any atom is 0.349 e. The van der Waals surface area contributed by atoms with E-state index in [1.165, 1.54) is 7.11 Å².